The van der Waals surface area contributed by atoms with E-state index in [0.29, 0.717) is 33.1 Å². The molecule has 0 bridgehead atoms. The van der Waals surface area contributed by atoms with Gasteiger partial charge in [-0.15, -0.1) is 0 Å². The van der Waals surface area contributed by atoms with Crippen LogP contribution in [0.15, 0.2) is 47.3 Å². The molecule has 0 spiro atoms. The average Bonchev–Trinajstić information content (AvgIpc) is 2.59. The summed E-state index contributed by atoms with van der Waals surface area (Å²) in [5.74, 6) is 0.404. The largest absolute Gasteiger partial charge is 0.333 e. The maximum atomic E-state index is 13.3. The quantitative estimate of drug-likeness (QED) is 0.604. The summed E-state index contributed by atoms with van der Waals surface area (Å²) in [4.78, 5) is 30.0. The monoisotopic (exact) mass is 413 g/mol. The first kappa shape index (κ1) is 20.8. The van der Waals surface area contributed by atoms with Gasteiger partial charge in [-0.25, -0.2) is 9.78 Å². The van der Waals surface area contributed by atoms with Crippen molar-refractivity contribution >= 4 is 34.2 Å². The number of anilines is 1. The highest BCUT2D eigenvalue weighted by atomic mass is 35.5. The summed E-state index contributed by atoms with van der Waals surface area (Å²) in [5, 5.41) is 6.26. The Kier molecular flexibility index (Phi) is 5.64. The molecule has 1 unspecified atom stereocenters. The van der Waals surface area contributed by atoms with Gasteiger partial charge in [0.25, 0.3) is 5.56 Å². The molecule has 7 nitrogen and oxygen atoms in total. The van der Waals surface area contributed by atoms with Crippen LogP contribution >= 0.6 is 11.6 Å². The molecule has 0 saturated carbocycles. The van der Waals surface area contributed by atoms with Crippen molar-refractivity contribution in [2.75, 3.05) is 5.32 Å². The van der Waals surface area contributed by atoms with E-state index in [9.17, 15) is 9.59 Å². The van der Waals surface area contributed by atoms with E-state index in [-0.39, 0.29) is 17.1 Å². The standard InChI is InChI=1S/C21H24ClN5O2/c1-12(23)18-25-16-10-6-9-15(22)17(16)19(28)27(18)14-8-5-7-13(11-14)24-20(29)26-21(2,3)4/h5-12H,23H2,1-4H3,(H2,24,26,29). The third-order valence-corrected chi connectivity index (χ3v) is 4.45. The van der Waals surface area contributed by atoms with Crippen LogP contribution in [0.5, 0.6) is 0 Å². The highest BCUT2D eigenvalue weighted by Gasteiger charge is 2.18. The first-order valence-electron chi connectivity index (χ1n) is 9.23. The number of aromatic nitrogens is 2. The zero-order chi connectivity index (χ0) is 21.3. The molecule has 3 aromatic rings. The summed E-state index contributed by atoms with van der Waals surface area (Å²) in [6.45, 7) is 7.43. The van der Waals surface area contributed by atoms with Crippen LogP contribution < -0.4 is 21.9 Å². The van der Waals surface area contributed by atoms with Crippen LogP contribution in [0.3, 0.4) is 0 Å². The number of nitrogens with two attached hydrogens (primary N) is 1. The zero-order valence-corrected chi connectivity index (χ0v) is 17.5. The van der Waals surface area contributed by atoms with E-state index < -0.39 is 6.04 Å². The van der Waals surface area contributed by atoms with Gasteiger partial charge >= 0.3 is 6.03 Å². The van der Waals surface area contributed by atoms with Gasteiger partial charge < -0.3 is 16.4 Å². The number of fused-ring (bicyclic) bond motifs is 1. The lowest BCUT2D eigenvalue weighted by molar-refractivity contribution is 0.244. The number of rotatable bonds is 3. The molecule has 0 aliphatic heterocycles. The number of hydrogen-bond donors (Lipinski definition) is 3. The Morgan fingerprint density at radius 1 is 1.21 bits per heavy atom. The van der Waals surface area contributed by atoms with E-state index in [1.807, 2.05) is 20.8 Å². The summed E-state index contributed by atoms with van der Waals surface area (Å²) >= 11 is 6.27. The van der Waals surface area contributed by atoms with Gasteiger partial charge in [0.15, 0.2) is 0 Å². The number of halogens is 1. The van der Waals surface area contributed by atoms with Gasteiger partial charge in [-0.05, 0) is 58.0 Å². The van der Waals surface area contributed by atoms with Gasteiger partial charge in [-0.2, -0.15) is 0 Å². The van der Waals surface area contributed by atoms with Crippen molar-refractivity contribution in [3.8, 4) is 5.69 Å². The number of nitrogens with zero attached hydrogens (tertiary/aromatic N) is 2. The summed E-state index contributed by atoms with van der Waals surface area (Å²) in [6.07, 6.45) is 0. The molecule has 0 aliphatic carbocycles. The molecule has 8 heteroatoms. The van der Waals surface area contributed by atoms with Gasteiger partial charge in [-0.1, -0.05) is 23.7 Å². The first-order chi connectivity index (χ1) is 13.6. The molecule has 3 rings (SSSR count). The number of amides is 2. The highest BCUT2D eigenvalue weighted by Crippen LogP contribution is 2.23. The van der Waals surface area contributed by atoms with E-state index in [0.717, 1.165) is 0 Å². The molecular formula is C21H24ClN5O2. The molecule has 0 saturated heterocycles. The van der Waals surface area contributed by atoms with Crippen molar-refractivity contribution in [2.45, 2.75) is 39.3 Å². The highest BCUT2D eigenvalue weighted by molar-refractivity contribution is 6.35. The zero-order valence-electron chi connectivity index (χ0n) is 16.8. The second kappa shape index (κ2) is 7.85. The molecule has 1 heterocycles. The van der Waals surface area contributed by atoms with Crippen LogP contribution in [0.4, 0.5) is 10.5 Å². The Labute approximate surface area is 173 Å². The molecule has 152 valence electrons. The molecule has 1 atom stereocenters. The first-order valence-corrected chi connectivity index (χ1v) is 9.61. The summed E-state index contributed by atoms with van der Waals surface area (Å²) in [7, 11) is 0. The maximum Gasteiger partial charge on any atom is 0.319 e. The molecule has 0 aliphatic rings. The van der Waals surface area contributed by atoms with Crippen molar-refractivity contribution < 1.29 is 4.79 Å². The average molecular weight is 414 g/mol. The maximum absolute atomic E-state index is 13.3. The van der Waals surface area contributed by atoms with Crippen LogP contribution in [0.1, 0.15) is 39.6 Å². The Balaban J connectivity index is 2.12. The van der Waals surface area contributed by atoms with E-state index in [2.05, 4.69) is 15.6 Å². The Morgan fingerprint density at radius 2 is 1.90 bits per heavy atom. The van der Waals surface area contributed by atoms with Crippen molar-refractivity contribution in [3.63, 3.8) is 0 Å². The van der Waals surface area contributed by atoms with Gasteiger partial charge in [0.2, 0.25) is 0 Å². The lowest BCUT2D eigenvalue weighted by Gasteiger charge is -2.21. The van der Waals surface area contributed by atoms with Crippen LogP contribution in [-0.4, -0.2) is 21.1 Å². The van der Waals surface area contributed by atoms with Crippen molar-refractivity contribution in [1.29, 1.82) is 0 Å². The minimum Gasteiger partial charge on any atom is -0.333 e. The van der Waals surface area contributed by atoms with Gasteiger partial charge in [0, 0.05) is 11.2 Å². The third-order valence-electron chi connectivity index (χ3n) is 4.13. The van der Waals surface area contributed by atoms with Crippen LogP contribution in [-0.2, 0) is 0 Å². The number of urea groups is 1. The van der Waals surface area contributed by atoms with Crippen molar-refractivity contribution in [2.24, 2.45) is 5.73 Å². The fraction of sp³-hybridized carbons (Fsp3) is 0.286. The molecule has 0 radical (unpaired) electrons. The van der Waals surface area contributed by atoms with Gasteiger partial charge in [0.05, 0.1) is 27.7 Å². The summed E-state index contributed by atoms with van der Waals surface area (Å²) < 4.78 is 1.44. The number of hydrogen-bond acceptors (Lipinski definition) is 4. The number of benzene rings is 2. The minimum absolute atomic E-state index is 0.316. The van der Waals surface area contributed by atoms with E-state index in [1.165, 1.54) is 4.57 Å². The second-order valence-corrected chi connectivity index (χ2v) is 8.32. The number of carbonyl (C=O) groups is 1. The predicted octanol–water partition coefficient (Wildman–Crippen LogP) is 3.98. The second-order valence-electron chi connectivity index (χ2n) is 7.91. The Hall–Kier alpha value is -2.90. The summed E-state index contributed by atoms with van der Waals surface area (Å²) in [5.41, 5.74) is 6.97. The summed E-state index contributed by atoms with van der Waals surface area (Å²) in [6, 6.07) is 11.2. The van der Waals surface area contributed by atoms with Crippen molar-refractivity contribution in [3.05, 3.63) is 63.7 Å². The molecule has 2 aromatic carbocycles. The van der Waals surface area contributed by atoms with Gasteiger partial charge in [-0.3, -0.25) is 9.36 Å². The smallest absolute Gasteiger partial charge is 0.319 e. The molecule has 2 amide bonds. The molecule has 1 aromatic heterocycles. The van der Waals surface area contributed by atoms with Crippen LogP contribution in [0, 0.1) is 0 Å². The normalized spacial score (nSPS) is 12.6. The SMILES string of the molecule is CC(N)c1nc2cccc(Cl)c2c(=O)n1-c1cccc(NC(=O)NC(C)(C)C)c1. The Bertz CT molecular complexity index is 1130. The van der Waals surface area contributed by atoms with Crippen LogP contribution in [0.25, 0.3) is 16.6 Å². The molecule has 0 fully saturated rings. The lowest BCUT2D eigenvalue weighted by Crippen LogP contribution is -2.43. The fourth-order valence-electron chi connectivity index (χ4n) is 2.99. The van der Waals surface area contributed by atoms with Crippen molar-refractivity contribution in [1.82, 2.24) is 14.9 Å². The minimum atomic E-state index is -0.494. The molecular weight excluding hydrogens is 390 g/mol. The molecule has 29 heavy (non-hydrogen) atoms. The van der Waals surface area contributed by atoms with Gasteiger partial charge in [0.1, 0.15) is 5.82 Å². The van der Waals surface area contributed by atoms with E-state index in [1.54, 1.807) is 49.4 Å². The van der Waals surface area contributed by atoms with E-state index in [4.69, 9.17) is 17.3 Å². The number of nitrogens with one attached hydrogen (secondary N) is 2. The Morgan fingerprint density at radius 3 is 2.55 bits per heavy atom. The lowest BCUT2D eigenvalue weighted by atomic mass is 10.1. The fourth-order valence-corrected chi connectivity index (χ4v) is 3.24. The van der Waals surface area contributed by atoms with E-state index >= 15 is 0 Å². The van der Waals surface area contributed by atoms with Crippen LogP contribution in [0.2, 0.25) is 5.02 Å². The number of carbonyl (C=O) groups excluding carboxylic acids is 1. The predicted molar refractivity (Wildman–Crippen MR) is 117 cm³/mol. The molecule has 4 N–H and O–H groups in total. The third kappa shape index (κ3) is 4.58. The topological polar surface area (TPSA) is 102 Å².